The smallest absolute Gasteiger partial charge is 0.222 e. The van der Waals surface area contributed by atoms with E-state index in [-0.39, 0.29) is 17.9 Å². The number of unbranched alkanes of at least 4 members (excludes halogenated alkanes) is 5. The number of fused-ring (bicyclic) bond motifs is 3. The second-order valence-corrected chi connectivity index (χ2v) is 13.2. The molecule has 3 heterocycles. The van der Waals surface area contributed by atoms with E-state index in [1.165, 1.54) is 30.4 Å². The average molecular weight is 615 g/mol. The molecular formula is C35H46N6O2S. The van der Waals surface area contributed by atoms with Crippen LogP contribution in [0.3, 0.4) is 0 Å². The van der Waals surface area contributed by atoms with E-state index in [4.69, 9.17) is 4.98 Å². The van der Waals surface area contributed by atoms with Crippen LogP contribution in [-0.4, -0.2) is 72.8 Å². The molecule has 0 saturated carbocycles. The van der Waals surface area contributed by atoms with E-state index in [2.05, 4.69) is 78.0 Å². The Morgan fingerprint density at radius 2 is 1.68 bits per heavy atom. The average Bonchev–Trinajstić information content (AvgIpc) is 3.32. The lowest BCUT2D eigenvalue weighted by atomic mass is 10.1. The first-order chi connectivity index (χ1) is 21.4. The fraction of sp³-hybridized carbons (Fsp3) is 0.514. The van der Waals surface area contributed by atoms with Crippen LogP contribution in [0.4, 0.5) is 0 Å². The topological polar surface area (TPSA) is 84.2 Å². The lowest BCUT2D eigenvalue weighted by Gasteiger charge is -2.40. The molecule has 1 atom stereocenters. The molecule has 5 rings (SSSR count). The second-order valence-electron chi connectivity index (χ2n) is 12.1. The van der Waals surface area contributed by atoms with Gasteiger partial charge in [-0.2, -0.15) is 0 Å². The van der Waals surface area contributed by atoms with E-state index in [9.17, 15) is 9.59 Å². The first-order valence-corrected chi connectivity index (χ1v) is 17.3. The maximum Gasteiger partial charge on any atom is 0.222 e. The van der Waals surface area contributed by atoms with Crippen molar-refractivity contribution in [3.8, 4) is 0 Å². The Kier molecular flexibility index (Phi) is 11.3. The Hall–Kier alpha value is -3.46. The van der Waals surface area contributed by atoms with E-state index >= 15 is 0 Å². The highest BCUT2D eigenvalue weighted by atomic mass is 32.2. The molecule has 1 aliphatic heterocycles. The molecule has 4 aromatic rings. The number of hydrogen-bond donors (Lipinski definition) is 0. The number of amides is 2. The van der Waals surface area contributed by atoms with Crippen molar-refractivity contribution in [2.75, 3.05) is 25.4 Å². The molecule has 1 aliphatic rings. The molecule has 0 N–H and O–H groups in total. The molecule has 8 nitrogen and oxygen atoms in total. The van der Waals surface area contributed by atoms with Crippen molar-refractivity contribution in [3.63, 3.8) is 0 Å². The Bertz CT molecular complexity index is 1560. The van der Waals surface area contributed by atoms with Crippen LogP contribution in [-0.2, 0) is 16.1 Å². The van der Waals surface area contributed by atoms with Crippen LogP contribution in [0.15, 0.2) is 53.7 Å². The number of nitrogens with zero attached hydrogens (tertiary/aromatic N) is 6. The molecular weight excluding hydrogens is 568 g/mol. The standard InChI is InChI=1S/C35H46N6O2S/c1-4-5-6-7-11-17-32(43)40-21-20-39(24-27(40)3)31(42)16-12-13-22-44-35-36-34-33(37-38-35)29-23-26(2)18-19-30(29)41(34)25-28-14-9-8-10-15-28/h8-10,14-15,18-19,23,27H,4-7,11-13,16-17,20-22,24-25H2,1-3H3. The molecule has 234 valence electrons. The summed E-state index contributed by atoms with van der Waals surface area (Å²) in [5, 5.41) is 10.8. The predicted molar refractivity (Wildman–Crippen MR) is 179 cm³/mol. The van der Waals surface area contributed by atoms with Crippen molar-refractivity contribution in [3.05, 3.63) is 59.7 Å². The molecule has 2 aromatic carbocycles. The molecule has 9 heteroatoms. The molecule has 0 spiro atoms. The highest BCUT2D eigenvalue weighted by Gasteiger charge is 2.29. The molecule has 2 amide bonds. The summed E-state index contributed by atoms with van der Waals surface area (Å²) < 4.78 is 2.23. The fourth-order valence-corrected chi connectivity index (χ4v) is 6.90. The van der Waals surface area contributed by atoms with Crippen LogP contribution in [0.2, 0.25) is 0 Å². The van der Waals surface area contributed by atoms with Gasteiger partial charge in [0.2, 0.25) is 17.0 Å². The SMILES string of the molecule is CCCCCCCC(=O)N1CCN(C(=O)CCCCSc2nnc3c4cc(C)ccc4n(Cc4ccccc4)c3n2)CC1C. The summed E-state index contributed by atoms with van der Waals surface area (Å²) in [6.07, 6.45) is 8.63. The summed E-state index contributed by atoms with van der Waals surface area (Å²) in [5.74, 6) is 1.26. The number of aryl methyl sites for hydroxylation is 1. The summed E-state index contributed by atoms with van der Waals surface area (Å²) in [5.41, 5.74) is 5.19. The third-order valence-corrected chi connectivity index (χ3v) is 9.52. The highest BCUT2D eigenvalue weighted by molar-refractivity contribution is 7.99. The van der Waals surface area contributed by atoms with Gasteiger partial charge in [-0.1, -0.05) is 86.3 Å². The van der Waals surface area contributed by atoms with Gasteiger partial charge in [0.25, 0.3) is 0 Å². The van der Waals surface area contributed by atoms with E-state index in [1.807, 2.05) is 15.9 Å². The van der Waals surface area contributed by atoms with Gasteiger partial charge >= 0.3 is 0 Å². The van der Waals surface area contributed by atoms with E-state index in [0.717, 1.165) is 60.0 Å². The monoisotopic (exact) mass is 614 g/mol. The molecule has 44 heavy (non-hydrogen) atoms. The molecule has 1 saturated heterocycles. The number of carbonyl (C=O) groups is 2. The normalized spacial score (nSPS) is 15.4. The van der Waals surface area contributed by atoms with Gasteiger partial charge in [-0.05, 0) is 50.8 Å². The van der Waals surface area contributed by atoms with Gasteiger partial charge in [0.1, 0.15) is 5.52 Å². The summed E-state index contributed by atoms with van der Waals surface area (Å²) >= 11 is 1.60. The number of rotatable bonds is 14. The summed E-state index contributed by atoms with van der Waals surface area (Å²) in [6.45, 7) is 8.99. The van der Waals surface area contributed by atoms with Gasteiger partial charge in [-0.15, -0.1) is 10.2 Å². The van der Waals surface area contributed by atoms with Gasteiger partial charge in [-0.3, -0.25) is 9.59 Å². The Morgan fingerprint density at radius 1 is 0.909 bits per heavy atom. The fourth-order valence-electron chi connectivity index (χ4n) is 6.12. The number of aromatic nitrogens is 4. The van der Waals surface area contributed by atoms with Crippen molar-refractivity contribution < 1.29 is 9.59 Å². The minimum absolute atomic E-state index is 0.0763. The first kappa shape index (κ1) is 31.9. The van der Waals surface area contributed by atoms with Crippen molar-refractivity contribution in [1.82, 2.24) is 29.5 Å². The van der Waals surface area contributed by atoms with Gasteiger partial charge in [0.15, 0.2) is 5.65 Å². The zero-order chi connectivity index (χ0) is 30.9. The summed E-state index contributed by atoms with van der Waals surface area (Å²) in [7, 11) is 0. The molecule has 0 radical (unpaired) electrons. The quantitative estimate of drug-likeness (QED) is 0.112. The number of piperazine rings is 1. The van der Waals surface area contributed by atoms with E-state index in [0.29, 0.717) is 37.6 Å². The van der Waals surface area contributed by atoms with Crippen molar-refractivity contribution in [2.24, 2.45) is 0 Å². The molecule has 1 fully saturated rings. The minimum atomic E-state index is 0.0763. The molecule has 0 aliphatic carbocycles. The largest absolute Gasteiger partial charge is 0.339 e. The van der Waals surface area contributed by atoms with Crippen LogP contribution < -0.4 is 0 Å². The van der Waals surface area contributed by atoms with Crippen molar-refractivity contribution in [1.29, 1.82) is 0 Å². The predicted octanol–water partition coefficient (Wildman–Crippen LogP) is 7.02. The van der Waals surface area contributed by atoms with Crippen molar-refractivity contribution in [2.45, 2.75) is 96.3 Å². The number of hydrogen-bond acceptors (Lipinski definition) is 6. The molecule has 0 bridgehead atoms. The number of thioether (sulfide) groups is 1. The third kappa shape index (κ3) is 7.97. The number of carbonyl (C=O) groups excluding carboxylic acids is 2. The van der Waals surface area contributed by atoms with Crippen LogP contribution >= 0.6 is 11.8 Å². The van der Waals surface area contributed by atoms with Crippen LogP contribution in [0.25, 0.3) is 22.1 Å². The van der Waals surface area contributed by atoms with E-state index in [1.54, 1.807) is 11.8 Å². The summed E-state index contributed by atoms with van der Waals surface area (Å²) in [4.78, 5) is 34.5. The van der Waals surface area contributed by atoms with Gasteiger partial charge in [0.05, 0.1) is 5.52 Å². The highest BCUT2D eigenvalue weighted by Crippen LogP contribution is 2.29. The minimum Gasteiger partial charge on any atom is -0.339 e. The molecule has 2 aromatic heterocycles. The molecule has 1 unspecified atom stereocenters. The lowest BCUT2D eigenvalue weighted by molar-refractivity contribution is -0.142. The van der Waals surface area contributed by atoms with Crippen LogP contribution in [0.5, 0.6) is 0 Å². The Morgan fingerprint density at radius 3 is 2.48 bits per heavy atom. The maximum absolute atomic E-state index is 12.9. The maximum atomic E-state index is 12.9. The van der Waals surface area contributed by atoms with E-state index < -0.39 is 0 Å². The third-order valence-electron chi connectivity index (χ3n) is 8.60. The van der Waals surface area contributed by atoms with Gasteiger partial charge in [-0.25, -0.2) is 4.98 Å². The second kappa shape index (κ2) is 15.5. The Balaban J connectivity index is 1.10. The zero-order valence-corrected chi connectivity index (χ0v) is 27.3. The van der Waals surface area contributed by atoms with Crippen molar-refractivity contribution >= 4 is 45.6 Å². The first-order valence-electron chi connectivity index (χ1n) is 16.3. The van der Waals surface area contributed by atoms with Crippen LogP contribution in [0.1, 0.15) is 82.8 Å². The van der Waals surface area contributed by atoms with Gasteiger partial charge < -0.3 is 14.4 Å². The van der Waals surface area contributed by atoms with Gasteiger partial charge in [0, 0.05) is 56.2 Å². The number of benzene rings is 2. The zero-order valence-electron chi connectivity index (χ0n) is 26.5. The summed E-state index contributed by atoms with van der Waals surface area (Å²) in [6, 6.07) is 16.9. The van der Waals surface area contributed by atoms with Crippen LogP contribution in [0, 0.1) is 6.92 Å². The lowest BCUT2D eigenvalue weighted by Crippen LogP contribution is -2.55. The Labute approximate surface area is 265 Å².